The molecule has 0 atom stereocenters. The molecule has 0 unspecified atom stereocenters. The fourth-order valence-electron chi connectivity index (χ4n) is 4.92. The molecule has 1 aliphatic carbocycles. The number of hydrogen-bond acceptors (Lipinski definition) is 10. The van der Waals surface area contributed by atoms with Crippen LogP contribution in [-0.2, 0) is 38.0 Å². The van der Waals surface area contributed by atoms with Crippen LogP contribution in [0.2, 0.25) is 0 Å². The van der Waals surface area contributed by atoms with E-state index in [4.69, 9.17) is 39.9 Å². The summed E-state index contributed by atoms with van der Waals surface area (Å²) in [5.41, 5.74) is 14.6. The molecule has 0 spiro atoms. The fraction of sp³-hybridized carbons (Fsp3) is 0.533. The molecule has 0 saturated heterocycles. The maximum Gasteiger partial charge on any atom is 0.310 e. The third kappa shape index (κ3) is 8.92. The van der Waals surface area contributed by atoms with Crippen LogP contribution in [0.3, 0.4) is 0 Å². The van der Waals surface area contributed by atoms with Gasteiger partial charge in [-0.1, -0.05) is 24.3 Å². The normalized spacial score (nSPS) is 20.1. The van der Waals surface area contributed by atoms with Gasteiger partial charge in [-0.3, -0.25) is 9.59 Å². The molecule has 4 N–H and O–H groups in total. The number of esters is 2. The number of anilines is 2. The van der Waals surface area contributed by atoms with Gasteiger partial charge in [0.1, 0.15) is 13.2 Å². The van der Waals surface area contributed by atoms with Crippen LogP contribution in [0.25, 0.3) is 0 Å². The molecule has 3 rings (SSSR count). The van der Waals surface area contributed by atoms with Gasteiger partial charge in [-0.15, -0.1) is 0 Å². The Balaban J connectivity index is 1.75. The first-order chi connectivity index (χ1) is 19.5. The van der Waals surface area contributed by atoms with Gasteiger partial charge in [-0.25, -0.2) is 0 Å². The molecule has 2 aromatic carbocycles. The van der Waals surface area contributed by atoms with Gasteiger partial charge in [0, 0.05) is 36.4 Å². The number of nitrogens with two attached hydrogens (primary N) is 2. The van der Waals surface area contributed by atoms with Gasteiger partial charge in [-0.2, -0.15) is 0 Å². The lowest BCUT2D eigenvalue weighted by atomic mass is 9.52. The average molecular weight is 559 g/mol. The van der Waals surface area contributed by atoms with E-state index >= 15 is 0 Å². The molecule has 0 aromatic heterocycles. The molecule has 40 heavy (non-hydrogen) atoms. The number of nitrogen functional groups attached to an aromatic ring is 2. The average Bonchev–Trinajstić information content (AvgIpc) is 2.93. The van der Waals surface area contributed by atoms with Crippen LogP contribution >= 0.6 is 0 Å². The zero-order valence-corrected chi connectivity index (χ0v) is 23.4. The molecule has 220 valence electrons. The molecule has 10 heteroatoms. The van der Waals surface area contributed by atoms with Crippen LogP contribution < -0.4 is 11.5 Å². The molecule has 1 aliphatic rings. The summed E-state index contributed by atoms with van der Waals surface area (Å²) in [7, 11) is 0. The zero-order chi connectivity index (χ0) is 28.7. The smallest absolute Gasteiger partial charge is 0.310 e. The van der Waals surface area contributed by atoms with Gasteiger partial charge in [0.05, 0.1) is 51.5 Å². The summed E-state index contributed by atoms with van der Waals surface area (Å²) in [4.78, 5) is 27.0. The Kier molecular flexibility index (Phi) is 13.2. The van der Waals surface area contributed by atoms with Crippen molar-refractivity contribution in [1.82, 2.24) is 0 Å². The van der Waals surface area contributed by atoms with E-state index in [0.717, 1.165) is 11.1 Å². The molecule has 1 saturated carbocycles. The summed E-state index contributed by atoms with van der Waals surface area (Å²) in [6.07, 6.45) is 0. The Hall–Kier alpha value is -3.18. The number of carbonyl (C=O) groups is 2. The summed E-state index contributed by atoms with van der Waals surface area (Å²) < 4.78 is 32.8. The van der Waals surface area contributed by atoms with Crippen molar-refractivity contribution in [3.8, 4) is 0 Å². The molecule has 0 radical (unpaired) electrons. The van der Waals surface area contributed by atoms with E-state index in [1.54, 1.807) is 24.3 Å². The molecule has 0 bridgehead atoms. The van der Waals surface area contributed by atoms with Gasteiger partial charge in [-0.05, 0) is 49.2 Å². The molecule has 10 nitrogen and oxygen atoms in total. The van der Waals surface area contributed by atoms with Crippen LogP contribution in [-0.4, -0.2) is 78.0 Å². The van der Waals surface area contributed by atoms with Crippen molar-refractivity contribution in [3.63, 3.8) is 0 Å². The predicted molar refractivity (Wildman–Crippen MR) is 151 cm³/mol. The van der Waals surface area contributed by atoms with Crippen LogP contribution in [0.5, 0.6) is 0 Å². The summed E-state index contributed by atoms with van der Waals surface area (Å²) in [6, 6.07) is 14.4. The Labute approximate surface area is 236 Å². The van der Waals surface area contributed by atoms with E-state index in [0.29, 0.717) is 51.0 Å². The summed E-state index contributed by atoms with van der Waals surface area (Å²) in [5, 5.41) is 0. The highest BCUT2D eigenvalue weighted by molar-refractivity contribution is 5.85. The van der Waals surface area contributed by atoms with E-state index in [2.05, 4.69) is 0 Å². The highest BCUT2D eigenvalue weighted by Gasteiger charge is 2.59. The van der Waals surface area contributed by atoms with Crippen molar-refractivity contribution in [2.24, 2.45) is 11.8 Å². The predicted octanol–water partition coefficient (Wildman–Crippen LogP) is 3.16. The van der Waals surface area contributed by atoms with Crippen molar-refractivity contribution in [1.29, 1.82) is 0 Å². The Morgan fingerprint density at radius 2 is 0.875 bits per heavy atom. The molecule has 2 aromatic rings. The minimum absolute atomic E-state index is 0.0958. The quantitative estimate of drug-likeness (QED) is 0.159. The second-order valence-electron chi connectivity index (χ2n) is 9.39. The Morgan fingerprint density at radius 1 is 0.550 bits per heavy atom. The van der Waals surface area contributed by atoms with E-state index in [1.807, 2.05) is 38.1 Å². The first-order valence-electron chi connectivity index (χ1n) is 13.8. The number of hydrogen-bond donors (Lipinski definition) is 2. The first-order valence-corrected chi connectivity index (χ1v) is 13.8. The minimum atomic E-state index is -0.615. The van der Waals surface area contributed by atoms with Gasteiger partial charge >= 0.3 is 11.9 Å². The summed E-state index contributed by atoms with van der Waals surface area (Å²) >= 11 is 0. The zero-order valence-electron chi connectivity index (χ0n) is 23.4. The second kappa shape index (κ2) is 16.8. The fourth-order valence-corrected chi connectivity index (χ4v) is 4.92. The van der Waals surface area contributed by atoms with Gasteiger partial charge in [0.15, 0.2) is 0 Å². The monoisotopic (exact) mass is 558 g/mol. The van der Waals surface area contributed by atoms with E-state index in [1.165, 1.54) is 0 Å². The highest BCUT2D eigenvalue weighted by atomic mass is 16.6. The van der Waals surface area contributed by atoms with Crippen molar-refractivity contribution in [2.75, 3.05) is 77.5 Å². The first kappa shape index (κ1) is 31.3. The number of rotatable bonds is 18. The molecular formula is C30H42N2O8. The standard InChI is InChI=1S/C30H42N2O8/c1-3-35-13-15-37-17-19-39-29(33)27-25(21-5-9-23(31)10-6-21)28(26(27)22-7-11-24(32)12-8-22)30(34)40-20-18-38-16-14-36-4-2/h5-12,25-28H,3-4,13-20,31-32H2,1-2H3. The SMILES string of the molecule is CCOCCOCCOC(=O)C1C(c2ccc(N)cc2)C(C(=O)OCCOCCOCC)C1c1ccc(N)cc1. The lowest BCUT2D eigenvalue weighted by Gasteiger charge is -2.49. The van der Waals surface area contributed by atoms with Crippen molar-refractivity contribution < 1.29 is 38.0 Å². The second-order valence-corrected chi connectivity index (χ2v) is 9.39. The molecule has 0 amide bonds. The maximum absolute atomic E-state index is 13.5. The van der Waals surface area contributed by atoms with Crippen LogP contribution in [0, 0.1) is 11.8 Å². The van der Waals surface area contributed by atoms with Crippen LogP contribution in [0.15, 0.2) is 48.5 Å². The Morgan fingerprint density at radius 3 is 1.23 bits per heavy atom. The number of benzene rings is 2. The highest BCUT2D eigenvalue weighted by Crippen LogP contribution is 2.58. The lowest BCUT2D eigenvalue weighted by molar-refractivity contribution is -0.169. The van der Waals surface area contributed by atoms with Crippen LogP contribution in [0.1, 0.15) is 36.8 Å². The van der Waals surface area contributed by atoms with E-state index < -0.39 is 35.6 Å². The van der Waals surface area contributed by atoms with Gasteiger partial charge < -0.3 is 39.9 Å². The van der Waals surface area contributed by atoms with E-state index in [9.17, 15) is 9.59 Å². The third-order valence-electron chi connectivity index (χ3n) is 6.83. The number of ether oxygens (including phenoxy) is 6. The summed E-state index contributed by atoms with van der Waals surface area (Å²) in [6.45, 7) is 7.54. The van der Waals surface area contributed by atoms with Crippen molar-refractivity contribution in [2.45, 2.75) is 25.7 Å². The molecular weight excluding hydrogens is 516 g/mol. The van der Waals surface area contributed by atoms with Gasteiger partial charge in [0.2, 0.25) is 0 Å². The van der Waals surface area contributed by atoms with Gasteiger partial charge in [0.25, 0.3) is 0 Å². The number of carbonyl (C=O) groups excluding carboxylic acids is 2. The summed E-state index contributed by atoms with van der Waals surface area (Å²) in [5.74, 6) is -2.95. The lowest BCUT2D eigenvalue weighted by Crippen LogP contribution is -2.52. The van der Waals surface area contributed by atoms with Crippen molar-refractivity contribution >= 4 is 23.3 Å². The largest absolute Gasteiger partial charge is 0.463 e. The van der Waals surface area contributed by atoms with Crippen LogP contribution in [0.4, 0.5) is 11.4 Å². The maximum atomic E-state index is 13.5. The van der Waals surface area contributed by atoms with Crippen molar-refractivity contribution in [3.05, 3.63) is 59.7 Å². The third-order valence-corrected chi connectivity index (χ3v) is 6.83. The Bertz CT molecular complexity index is 940. The molecule has 0 aliphatic heterocycles. The molecule has 0 heterocycles. The minimum Gasteiger partial charge on any atom is -0.463 e. The molecule has 1 fully saturated rings. The topological polar surface area (TPSA) is 142 Å². The van der Waals surface area contributed by atoms with E-state index in [-0.39, 0.29) is 26.4 Å².